The molecule has 36 heavy (non-hydrogen) atoms. The van der Waals surface area contributed by atoms with Gasteiger partial charge in [0, 0.05) is 37.2 Å². The van der Waals surface area contributed by atoms with Gasteiger partial charge in [-0.1, -0.05) is 23.7 Å². The van der Waals surface area contributed by atoms with Gasteiger partial charge in [0.05, 0.1) is 23.4 Å². The normalized spacial score (nSPS) is 15.9. The van der Waals surface area contributed by atoms with E-state index < -0.39 is 41.7 Å². The van der Waals surface area contributed by atoms with Crippen LogP contribution in [-0.4, -0.2) is 55.0 Å². The second kappa shape index (κ2) is 12.1. The van der Waals surface area contributed by atoms with E-state index in [1.165, 1.54) is 0 Å². The number of anilines is 1. The zero-order valence-electron chi connectivity index (χ0n) is 19.5. The van der Waals surface area contributed by atoms with Gasteiger partial charge in [0.1, 0.15) is 0 Å². The number of benzene rings is 2. The van der Waals surface area contributed by atoms with Crippen LogP contribution in [0.5, 0.6) is 0 Å². The zero-order chi connectivity index (χ0) is 26.3. The second-order valence-corrected chi connectivity index (χ2v) is 8.78. The lowest BCUT2D eigenvalue weighted by molar-refractivity contribution is -0.137. The van der Waals surface area contributed by atoms with Gasteiger partial charge < -0.3 is 21.3 Å². The Morgan fingerprint density at radius 1 is 1.08 bits per heavy atom. The van der Waals surface area contributed by atoms with E-state index in [2.05, 4.69) is 26.2 Å². The van der Waals surface area contributed by atoms with Crippen molar-refractivity contribution in [3.63, 3.8) is 0 Å². The quantitative estimate of drug-likeness (QED) is 0.423. The van der Waals surface area contributed by atoms with Gasteiger partial charge in [-0.15, -0.1) is 0 Å². The molecule has 1 aliphatic rings. The summed E-state index contributed by atoms with van der Waals surface area (Å²) in [7, 11) is 0. The number of urea groups is 1. The number of carbonyl (C=O) groups excluding carboxylic acids is 3. The molecule has 12 heteroatoms. The van der Waals surface area contributed by atoms with Crippen molar-refractivity contribution in [2.75, 3.05) is 31.5 Å². The molecule has 0 saturated carbocycles. The molecule has 2 aromatic rings. The molecule has 0 spiro atoms. The molecule has 1 atom stereocenters. The van der Waals surface area contributed by atoms with Crippen LogP contribution in [0.15, 0.2) is 42.5 Å². The predicted octanol–water partition coefficient (Wildman–Crippen LogP) is 3.62. The standard InChI is InChI=1S/C24H27ClF3N5O3/c1-2-29-23(36)32-20-8-5-16(24(26,27)28)11-19(20)22(35)30-12-21(34)31-18-9-10-33(14-18)13-15-3-6-17(25)7-4-15/h3-8,11,18H,2,9-10,12-14H2,1H3,(H,30,35)(H,31,34)(H2,29,32,36)/t18-/m0/s1. The van der Waals surface area contributed by atoms with Gasteiger partial charge >= 0.3 is 12.2 Å². The molecule has 0 unspecified atom stereocenters. The number of amides is 4. The monoisotopic (exact) mass is 525 g/mol. The van der Waals surface area contributed by atoms with Crippen molar-refractivity contribution in [3.05, 3.63) is 64.2 Å². The van der Waals surface area contributed by atoms with E-state index in [9.17, 15) is 27.6 Å². The van der Waals surface area contributed by atoms with Crippen LogP contribution in [0.3, 0.4) is 0 Å². The van der Waals surface area contributed by atoms with Gasteiger partial charge in [0.15, 0.2) is 0 Å². The van der Waals surface area contributed by atoms with Crippen molar-refractivity contribution in [2.24, 2.45) is 0 Å². The van der Waals surface area contributed by atoms with Gasteiger partial charge in [-0.3, -0.25) is 14.5 Å². The summed E-state index contributed by atoms with van der Waals surface area (Å²) in [4.78, 5) is 39.1. The Balaban J connectivity index is 1.56. The van der Waals surface area contributed by atoms with Crippen molar-refractivity contribution in [1.82, 2.24) is 20.9 Å². The molecule has 2 aromatic carbocycles. The molecule has 0 aliphatic carbocycles. The largest absolute Gasteiger partial charge is 0.416 e. The molecule has 0 bridgehead atoms. The molecule has 1 aliphatic heterocycles. The highest BCUT2D eigenvalue weighted by Crippen LogP contribution is 2.32. The minimum absolute atomic E-state index is 0.111. The smallest absolute Gasteiger partial charge is 0.350 e. The zero-order valence-corrected chi connectivity index (χ0v) is 20.3. The Morgan fingerprint density at radius 2 is 1.81 bits per heavy atom. The van der Waals surface area contributed by atoms with Crippen LogP contribution in [0.25, 0.3) is 0 Å². The van der Waals surface area contributed by atoms with Crippen molar-refractivity contribution in [1.29, 1.82) is 0 Å². The van der Waals surface area contributed by atoms with Crippen molar-refractivity contribution in [3.8, 4) is 0 Å². The average molecular weight is 526 g/mol. The Hall–Kier alpha value is -3.31. The molecule has 1 saturated heterocycles. The summed E-state index contributed by atoms with van der Waals surface area (Å²) in [5.41, 5.74) is -0.471. The SMILES string of the molecule is CCNC(=O)Nc1ccc(C(F)(F)F)cc1C(=O)NCC(=O)N[C@H]1CCN(Cc2ccc(Cl)cc2)C1. The highest BCUT2D eigenvalue weighted by molar-refractivity contribution is 6.30. The van der Waals surface area contributed by atoms with Crippen LogP contribution in [0.1, 0.15) is 34.8 Å². The van der Waals surface area contributed by atoms with Crippen LogP contribution < -0.4 is 21.3 Å². The number of halogens is 4. The molecule has 194 valence electrons. The second-order valence-electron chi connectivity index (χ2n) is 8.34. The number of nitrogens with one attached hydrogen (secondary N) is 4. The Kier molecular flexibility index (Phi) is 9.16. The maximum Gasteiger partial charge on any atom is 0.416 e. The van der Waals surface area contributed by atoms with Crippen LogP contribution in [0.4, 0.5) is 23.7 Å². The Labute approximate surface area is 211 Å². The number of hydrogen-bond acceptors (Lipinski definition) is 4. The fourth-order valence-electron chi connectivity index (χ4n) is 3.82. The number of likely N-dealkylation sites (tertiary alicyclic amines) is 1. The highest BCUT2D eigenvalue weighted by atomic mass is 35.5. The maximum absolute atomic E-state index is 13.2. The lowest BCUT2D eigenvalue weighted by atomic mass is 10.1. The van der Waals surface area contributed by atoms with Crippen LogP contribution in [0.2, 0.25) is 5.02 Å². The van der Waals surface area contributed by atoms with Crippen LogP contribution in [-0.2, 0) is 17.5 Å². The molecule has 4 N–H and O–H groups in total. The number of carbonyl (C=O) groups is 3. The summed E-state index contributed by atoms with van der Waals surface area (Å²) in [5, 5.41) is 10.6. The first-order valence-electron chi connectivity index (χ1n) is 11.4. The third-order valence-corrected chi connectivity index (χ3v) is 5.80. The topological polar surface area (TPSA) is 103 Å². The third kappa shape index (κ3) is 7.85. The highest BCUT2D eigenvalue weighted by Gasteiger charge is 2.32. The third-order valence-electron chi connectivity index (χ3n) is 5.54. The minimum Gasteiger partial charge on any atom is -0.350 e. The molecule has 4 amide bonds. The van der Waals surface area contributed by atoms with E-state index in [-0.39, 0.29) is 18.3 Å². The lowest BCUT2D eigenvalue weighted by Crippen LogP contribution is -2.43. The van der Waals surface area contributed by atoms with Gasteiger partial charge in [0.2, 0.25) is 5.91 Å². The minimum atomic E-state index is -4.68. The lowest BCUT2D eigenvalue weighted by Gasteiger charge is -2.17. The number of nitrogens with zero attached hydrogens (tertiary/aromatic N) is 1. The average Bonchev–Trinajstić information content (AvgIpc) is 3.25. The molecule has 3 rings (SSSR count). The van der Waals surface area contributed by atoms with E-state index in [4.69, 9.17) is 11.6 Å². The summed E-state index contributed by atoms with van der Waals surface area (Å²) in [6.07, 6.45) is -3.96. The number of hydrogen-bond donors (Lipinski definition) is 4. The first-order chi connectivity index (χ1) is 17.0. The van der Waals surface area contributed by atoms with E-state index in [0.29, 0.717) is 24.2 Å². The maximum atomic E-state index is 13.2. The van der Waals surface area contributed by atoms with Gasteiger partial charge in [-0.05, 0) is 49.2 Å². The summed E-state index contributed by atoms with van der Waals surface area (Å²) < 4.78 is 39.5. The van der Waals surface area contributed by atoms with Crippen molar-refractivity contribution >= 4 is 35.1 Å². The van der Waals surface area contributed by atoms with Crippen molar-refractivity contribution in [2.45, 2.75) is 32.1 Å². The van der Waals surface area contributed by atoms with Gasteiger partial charge in [-0.2, -0.15) is 13.2 Å². The number of rotatable bonds is 8. The van der Waals surface area contributed by atoms with E-state index in [1.54, 1.807) is 6.92 Å². The molecule has 0 aromatic heterocycles. The molecule has 1 heterocycles. The predicted molar refractivity (Wildman–Crippen MR) is 130 cm³/mol. The van der Waals surface area contributed by atoms with Gasteiger partial charge in [0.25, 0.3) is 5.91 Å². The number of alkyl halides is 3. The fourth-order valence-corrected chi connectivity index (χ4v) is 3.95. The van der Waals surface area contributed by atoms with E-state index >= 15 is 0 Å². The first kappa shape index (κ1) is 27.3. The Bertz CT molecular complexity index is 1100. The van der Waals surface area contributed by atoms with Gasteiger partial charge in [-0.25, -0.2) is 4.79 Å². The summed E-state index contributed by atoms with van der Waals surface area (Å²) >= 11 is 5.91. The fraction of sp³-hybridized carbons (Fsp3) is 0.375. The van der Waals surface area contributed by atoms with Crippen LogP contribution in [0, 0.1) is 0 Å². The van der Waals surface area contributed by atoms with E-state index in [1.807, 2.05) is 24.3 Å². The van der Waals surface area contributed by atoms with Crippen molar-refractivity contribution < 1.29 is 27.6 Å². The summed E-state index contributed by atoms with van der Waals surface area (Å²) in [5.74, 6) is -1.38. The molecular weight excluding hydrogens is 499 g/mol. The summed E-state index contributed by atoms with van der Waals surface area (Å²) in [6, 6.07) is 9.12. The first-order valence-corrected chi connectivity index (χ1v) is 11.7. The van der Waals surface area contributed by atoms with Crippen LogP contribution >= 0.6 is 11.6 Å². The molecule has 1 fully saturated rings. The molecular formula is C24H27ClF3N5O3. The molecule has 0 radical (unpaired) electrons. The molecule has 8 nitrogen and oxygen atoms in total. The summed E-state index contributed by atoms with van der Waals surface area (Å²) in [6.45, 7) is 3.63. The van der Waals surface area contributed by atoms with E-state index in [0.717, 1.165) is 30.7 Å². The Morgan fingerprint density at radius 3 is 2.47 bits per heavy atom.